The molecule has 19 heavy (non-hydrogen) atoms. The first-order valence-corrected chi connectivity index (χ1v) is 6.63. The molecule has 1 atom stereocenters. The molecular formula is C14H21N3O2. The van der Waals surface area contributed by atoms with Crippen LogP contribution in [0.1, 0.15) is 5.56 Å². The third kappa shape index (κ3) is 4.63. The van der Waals surface area contributed by atoms with Gasteiger partial charge in [-0.3, -0.25) is 9.69 Å². The van der Waals surface area contributed by atoms with Crippen molar-refractivity contribution in [1.29, 1.82) is 0 Å². The van der Waals surface area contributed by atoms with Crippen LogP contribution in [-0.4, -0.2) is 49.7 Å². The summed E-state index contributed by atoms with van der Waals surface area (Å²) in [5.74, 6) is -0.102. The zero-order valence-electron chi connectivity index (χ0n) is 11.0. The van der Waals surface area contributed by atoms with E-state index in [0.717, 1.165) is 31.9 Å². The number of nitrogens with zero attached hydrogens (tertiary/aromatic N) is 1. The van der Waals surface area contributed by atoms with Crippen LogP contribution in [0.15, 0.2) is 30.3 Å². The second kappa shape index (κ2) is 7.23. The number of carbonyl (C=O) groups is 1. The molecule has 1 heterocycles. The number of amides is 1. The standard InChI is InChI=1S/C14H21N3O2/c15-13(11-17-6-8-19-9-7-17)14(18)16-10-12-4-2-1-3-5-12/h1-5,13H,6-11,15H2,(H,16,18). The van der Waals surface area contributed by atoms with Crippen LogP contribution < -0.4 is 11.1 Å². The Morgan fingerprint density at radius 3 is 2.68 bits per heavy atom. The molecule has 0 saturated carbocycles. The summed E-state index contributed by atoms with van der Waals surface area (Å²) in [6, 6.07) is 9.34. The normalized spacial score (nSPS) is 17.9. The Kier molecular flexibility index (Phi) is 5.32. The number of hydrogen-bond acceptors (Lipinski definition) is 4. The van der Waals surface area contributed by atoms with E-state index in [4.69, 9.17) is 10.5 Å². The summed E-state index contributed by atoms with van der Waals surface area (Å²) < 4.78 is 5.26. The van der Waals surface area contributed by atoms with Crippen molar-refractivity contribution in [2.24, 2.45) is 5.73 Å². The van der Waals surface area contributed by atoms with Gasteiger partial charge < -0.3 is 15.8 Å². The van der Waals surface area contributed by atoms with Crippen LogP contribution in [0, 0.1) is 0 Å². The maximum Gasteiger partial charge on any atom is 0.238 e. The lowest BCUT2D eigenvalue weighted by Gasteiger charge is -2.28. The molecule has 1 unspecified atom stereocenters. The molecule has 1 amide bonds. The van der Waals surface area contributed by atoms with E-state index in [-0.39, 0.29) is 5.91 Å². The number of carbonyl (C=O) groups excluding carboxylic acids is 1. The summed E-state index contributed by atoms with van der Waals surface area (Å²) in [4.78, 5) is 14.1. The minimum Gasteiger partial charge on any atom is -0.379 e. The summed E-state index contributed by atoms with van der Waals surface area (Å²) in [6.07, 6.45) is 0. The van der Waals surface area contributed by atoms with Gasteiger partial charge in [-0.05, 0) is 5.56 Å². The van der Waals surface area contributed by atoms with Gasteiger partial charge in [-0.1, -0.05) is 30.3 Å². The molecule has 1 aliphatic heterocycles. The average Bonchev–Trinajstić information content (AvgIpc) is 2.47. The van der Waals surface area contributed by atoms with E-state index < -0.39 is 6.04 Å². The van der Waals surface area contributed by atoms with Crippen LogP contribution in [0.3, 0.4) is 0 Å². The van der Waals surface area contributed by atoms with Gasteiger partial charge in [0.25, 0.3) is 0 Å². The summed E-state index contributed by atoms with van der Waals surface area (Å²) in [5.41, 5.74) is 7.00. The van der Waals surface area contributed by atoms with E-state index in [1.165, 1.54) is 0 Å². The highest BCUT2D eigenvalue weighted by Crippen LogP contribution is 1.99. The van der Waals surface area contributed by atoms with Gasteiger partial charge in [0.15, 0.2) is 0 Å². The molecule has 0 bridgehead atoms. The maximum atomic E-state index is 11.9. The molecule has 1 aliphatic rings. The lowest BCUT2D eigenvalue weighted by atomic mass is 10.2. The Hall–Kier alpha value is -1.43. The van der Waals surface area contributed by atoms with Crippen LogP contribution in [-0.2, 0) is 16.1 Å². The molecule has 0 aliphatic carbocycles. The first-order chi connectivity index (χ1) is 9.25. The van der Waals surface area contributed by atoms with E-state index in [2.05, 4.69) is 10.2 Å². The van der Waals surface area contributed by atoms with E-state index in [0.29, 0.717) is 13.1 Å². The van der Waals surface area contributed by atoms with E-state index >= 15 is 0 Å². The van der Waals surface area contributed by atoms with Gasteiger partial charge in [0.05, 0.1) is 19.3 Å². The van der Waals surface area contributed by atoms with Crippen molar-refractivity contribution in [1.82, 2.24) is 10.2 Å². The Morgan fingerprint density at radius 2 is 2.00 bits per heavy atom. The van der Waals surface area contributed by atoms with Crippen molar-refractivity contribution in [3.8, 4) is 0 Å². The predicted octanol–water partition coefficient (Wildman–Crippen LogP) is -0.0377. The zero-order valence-corrected chi connectivity index (χ0v) is 11.0. The fraction of sp³-hybridized carbons (Fsp3) is 0.500. The molecule has 1 aromatic carbocycles. The SMILES string of the molecule is NC(CN1CCOCC1)C(=O)NCc1ccccc1. The molecule has 0 radical (unpaired) electrons. The van der Waals surface area contributed by atoms with Crippen LogP contribution in [0.4, 0.5) is 0 Å². The number of rotatable bonds is 5. The van der Waals surface area contributed by atoms with E-state index in [1.54, 1.807) is 0 Å². The molecule has 2 rings (SSSR count). The minimum absolute atomic E-state index is 0.102. The molecule has 5 nitrogen and oxygen atoms in total. The Morgan fingerprint density at radius 1 is 1.32 bits per heavy atom. The second-order valence-corrected chi connectivity index (χ2v) is 4.72. The van der Waals surface area contributed by atoms with Crippen LogP contribution in [0.25, 0.3) is 0 Å². The molecule has 104 valence electrons. The number of nitrogens with one attached hydrogen (secondary N) is 1. The van der Waals surface area contributed by atoms with Crippen molar-refractivity contribution in [3.05, 3.63) is 35.9 Å². The Labute approximate surface area is 113 Å². The van der Waals surface area contributed by atoms with Gasteiger partial charge in [0, 0.05) is 26.2 Å². The maximum absolute atomic E-state index is 11.9. The monoisotopic (exact) mass is 263 g/mol. The lowest BCUT2D eigenvalue weighted by molar-refractivity contribution is -0.123. The lowest BCUT2D eigenvalue weighted by Crippen LogP contribution is -2.50. The van der Waals surface area contributed by atoms with Gasteiger partial charge in [0.1, 0.15) is 0 Å². The molecule has 0 spiro atoms. The predicted molar refractivity (Wildman–Crippen MR) is 73.5 cm³/mol. The van der Waals surface area contributed by atoms with Gasteiger partial charge in [-0.2, -0.15) is 0 Å². The molecule has 5 heteroatoms. The van der Waals surface area contributed by atoms with Crippen LogP contribution in [0.2, 0.25) is 0 Å². The van der Waals surface area contributed by atoms with Crippen molar-refractivity contribution in [2.45, 2.75) is 12.6 Å². The molecule has 1 saturated heterocycles. The van der Waals surface area contributed by atoms with E-state index in [1.807, 2.05) is 30.3 Å². The number of benzene rings is 1. The average molecular weight is 263 g/mol. The zero-order chi connectivity index (χ0) is 13.5. The van der Waals surface area contributed by atoms with Crippen molar-refractivity contribution in [2.75, 3.05) is 32.8 Å². The number of morpholine rings is 1. The van der Waals surface area contributed by atoms with Crippen molar-refractivity contribution >= 4 is 5.91 Å². The number of nitrogens with two attached hydrogens (primary N) is 1. The molecule has 1 aromatic rings. The highest BCUT2D eigenvalue weighted by molar-refractivity contribution is 5.81. The summed E-state index contributed by atoms with van der Waals surface area (Å²) in [5, 5.41) is 2.87. The fourth-order valence-corrected chi connectivity index (χ4v) is 2.06. The Bertz CT molecular complexity index is 391. The summed E-state index contributed by atoms with van der Waals surface area (Å²) >= 11 is 0. The Balaban J connectivity index is 1.72. The third-order valence-electron chi connectivity index (χ3n) is 3.20. The molecule has 3 N–H and O–H groups in total. The minimum atomic E-state index is -0.484. The summed E-state index contributed by atoms with van der Waals surface area (Å²) in [7, 11) is 0. The van der Waals surface area contributed by atoms with Crippen molar-refractivity contribution < 1.29 is 9.53 Å². The quantitative estimate of drug-likeness (QED) is 0.782. The molecule has 1 fully saturated rings. The molecular weight excluding hydrogens is 242 g/mol. The topological polar surface area (TPSA) is 67.6 Å². The van der Waals surface area contributed by atoms with Gasteiger partial charge in [0.2, 0.25) is 5.91 Å². The fourth-order valence-electron chi connectivity index (χ4n) is 2.06. The van der Waals surface area contributed by atoms with Crippen LogP contribution in [0.5, 0.6) is 0 Å². The van der Waals surface area contributed by atoms with Crippen molar-refractivity contribution in [3.63, 3.8) is 0 Å². The van der Waals surface area contributed by atoms with Gasteiger partial charge >= 0.3 is 0 Å². The third-order valence-corrected chi connectivity index (χ3v) is 3.20. The molecule has 0 aromatic heterocycles. The number of hydrogen-bond donors (Lipinski definition) is 2. The summed E-state index contributed by atoms with van der Waals surface area (Å²) in [6.45, 7) is 4.25. The first-order valence-electron chi connectivity index (χ1n) is 6.63. The van der Waals surface area contributed by atoms with Gasteiger partial charge in [-0.25, -0.2) is 0 Å². The largest absolute Gasteiger partial charge is 0.379 e. The van der Waals surface area contributed by atoms with Crippen LogP contribution >= 0.6 is 0 Å². The highest BCUT2D eigenvalue weighted by atomic mass is 16.5. The second-order valence-electron chi connectivity index (χ2n) is 4.72. The first kappa shape index (κ1) is 14.0. The highest BCUT2D eigenvalue weighted by Gasteiger charge is 2.18. The van der Waals surface area contributed by atoms with Gasteiger partial charge in [-0.15, -0.1) is 0 Å². The number of ether oxygens (including phenoxy) is 1. The van der Waals surface area contributed by atoms with E-state index in [9.17, 15) is 4.79 Å². The smallest absolute Gasteiger partial charge is 0.238 e.